The molecule has 8 heteroatoms. The van der Waals surface area contributed by atoms with Crippen molar-refractivity contribution in [1.82, 2.24) is 9.13 Å². The average molecular weight is 346 g/mol. The molecule has 0 spiro atoms. The van der Waals surface area contributed by atoms with Crippen molar-refractivity contribution in [2.24, 2.45) is 0 Å². The summed E-state index contributed by atoms with van der Waals surface area (Å²) >= 11 is 0. The smallest absolute Gasteiger partial charge is 0.330 e. The van der Waals surface area contributed by atoms with Crippen molar-refractivity contribution in [1.29, 1.82) is 0 Å². The Morgan fingerprint density at radius 1 is 0.880 bits per heavy atom. The highest BCUT2D eigenvalue weighted by Gasteiger charge is 2.10. The van der Waals surface area contributed by atoms with Crippen LogP contribution in [0.4, 0.5) is 0 Å². The van der Waals surface area contributed by atoms with Gasteiger partial charge in [0.1, 0.15) is 51.1 Å². The summed E-state index contributed by atoms with van der Waals surface area (Å²) in [6.07, 6.45) is 13.8. The Morgan fingerprint density at radius 2 is 1.32 bits per heavy atom. The van der Waals surface area contributed by atoms with Gasteiger partial charge in [-0.15, -0.1) is 0 Å². The van der Waals surface area contributed by atoms with E-state index in [1.54, 1.807) is 0 Å². The fourth-order valence-corrected chi connectivity index (χ4v) is 2.12. The first-order chi connectivity index (χ1) is 12.1. The van der Waals surface area contributed by atoms with Gasteiger partial charge in [0.05, 0.1) is 0 Å². The molecule has 0 bridgehead atoms. The molecule has 0 atom stereocenters. The van der Waals surface area contributed by atoms with Crippen LogP contribution in [0, 0.1) is 0 Å². The lowest BCUT2D eigenvalue weighted by atomic mass is 10.6. The van der Waals surface area contributed by atoms with Gasteiger partial charge in [0.25, 0.3) is 0 Å². The fraction of sp³-hybridized carbons (Fsp3) is 0.294. The van der Waals surface area contributed by atoms with Gasteiger partial charge in [-0.2, -0.15) is 9.13 Å². The zero-order valence-corrected chi connectivity index (χ0v) is 14.0. The molecule has 0 aliphatic carbocycles. The van der Waals surface area contributed by atoms with Gasteiger partial charge in [-0.25, -0.2) is 18.7 Å². The normalized spacial score (nSPS) is 10.2. The van der Waals surface area contributed by atoms with Crippen LogP contribution >= 0.6 is 0 Å². The highest BCUT2D eigenvalue weighted by molar-refractivity contribution is 5.81. The molecule has 0 aliphatic heterocycles. The van der Waals surface area contributed by atoms with E-state index in [9.17, 15) is 9.59 Å². The minimum atomic E-state index is -0.421. The van der Waals surface area contributed by atoms with Gasteiger partial charge in [-0.1, -0.05) is 13.2 Å². The van der Waals surface area contributed by atoms with Gasteiger partial charge in [0.15, 0.2) is 0 Å². The van der Waals surface area contributed by atoms with Gasteiger partial charge in [-0.3, -0.25) is 0 Å². The molecule has 0 aliphatic rings. The molecule has 0 radical (unpaired) electrons. The Balaban J connectivity index is 1.78. The lowest BCUT2D eigenvalue weighted by molar-refractivity contribution is -0.912. The topological polar surface area (TPSA) is 70.2 Å². The Hall–Kier alpha value is -3.16. The fourth-order valence-electron chi connectivity index (χ4n) is 2.12. The Labute approximate surface area is 145 Å². The maximum atomic E-state index is 11.0. The Bertz CT molecular complexity index is 685. The first-order valence-corrected chi connectivity index (χ1v) is 7.78. The number of aromatic nitrogens is 4. The number of nitrogens with zero attached hydrogens (tertiary/aromatic N) is 4. The molecule has 0 amide bonds. The van der Waals surface area contributed by atoms with E-state index in [4.69, 9.17) is 9.47 Å². The van der Waals surface area contributed by atoms with E-state index in [0.29, 0.717) is 33.0 Å². The first-order valence-electron chi connectivity index (χ1n) is 7.78. The number of hydrogen-bond donors (Lipinski definition) is 0. The van der Waals surface area contributed by atoms with Gasteiger partial charge in [0.2, 0.25) is 19.3 Å². The number of imidazole rings is 2. The maximum absolute atomic E-state index is 11.0. The van der Waals surface area contributed by atoms with Crippen molar-refractivity contribution in [3.05, 3.63) is 62.8 Å². The summed E-state index contributed by atoms with van der Waals surface area (Å²) in [6, 6.07) is 0. The average Bonchev–Trinajstić information content (AvgIpc) is 3.24. The third-order valence-corrected chi connectivity index (χ3v) is 3.34. The number of carbonyl (C=O) groups excluding carboxylic acids is 2. The Morgan fingerprint density at radius 3 is 1.72 bits per heavy atom. The van der Waals surface area contributed by atoms with Crippen molar-refractivity contribution in [3.63, 3.8) is 0 Å². The third kappa shape index (κ3) is 6.09. The lowest BCUT2D eigenvalue weighted by Crippen LogP contribution is -2.49. The summed E-state index contributed by atoms with van der Waals surface area (Å²) in [7, 11) is 0. The zero-order valence-electron chi connectivity index (χ0n) is 14.0. The van der Waals surface area contributed by atoms with Gasteiger partial charge >= 0.3 is 11.9 Å². The number of carbonyl (C=O) groups is 2. The molecule has 0 aromatic carbocycles. The van der Waals surface area contributed by atoms with Crippen LogP contribution in [0.15, 0.2) is 62.8 Å². The van der Waals surface area contributed by atoms with Crippen molar-refractivity contribution in [3.8, 4) is 0 Å². The summed E-state index contributed by atoms with van der Waals surface area (Å²) in [5, 5.41) is 0. The van der Waals surface area contributed by atoms with Gasteiger partial charge in [-0.05, 0) is 0 Å². The summed E-state index contributed by atoms with van der Waals surface area (Å²) in [5.41, 5.74) is 0. The summed E-state index contributed by atoms with van der Waals surface area (Å²) in [5.74, 6) is -0.841. The van der Waals surface area contributed by atoms with E-state index in [1.807, 2.05) is 55.7 Å². The molecular weight excluding hydrogens is 324 g/mol. The molecular formula is C17H22N4O4+2. The van der Waals surface area contributed by atoms with Crippen molar-refractivity contribution in [2.45, 2.75) is 19.8 Å². The molecule has 2 heterocycles. The largest absolute Gasteiger partial charge is 0.458 e. The third-order valence-electron chi connectivity index (χ3n) is 3.34. The second-order valence-electron chi connectivity index (χ2n) is 5.22. The minimum absolute atomic E-state index is 0.298. The lowest BCUT2D eigenvalue weighted by Gasteiger charge is -1.98. The predicted molar refractivity (Wildman–Crippen MR) is 87.0 cm³/mol. The minimum Gasteiger partial charge on any atom is -0.458 e. The van der Waals surface area contributed by atoms with Gasteiger partial charge < -0.3 is 9.47 Å². The molecule has 0 fully saturated rings. The zero-order chi connectivity index (χ0) is 18.1. The van der Waals surface area contributed by atoms with Gasteiger partial charge in [0, 0.05) is 12.2 Å². The first kappa shape index (κ1) is 18.2. The standard InChI is InChI=1S/C17H22N4O4/c1-3-16(22)24-11-9-18-5-7-20(13-18)15-21-8-6-19(14-21)10-12-25-17(23)4-2/h3-8,13-14H,1-2,9-12,15H2/q+2. The summed E-state index contributed by atoms with van der Waals surface area (Å²) < 4.78 is 17.8. The van der Waals surface area contributed by atoms with Crippen LogP contribution in [0.1, 0.15) is 0 Å². The quantitative estimate of drug-likeness (QED) is 0.340. The number of ether oxygens (including phenoxy) is 2. The van der Waals surface area contributed by atoms with Crippen molar-refractivity contribution >= 4 is 11.9 Å². The Kier molecular flexibility index (Phi) is 6.70. The molecule has 8 nitrogen and oxygen atoms in total. The molecule has 0 N–H and O–H groups in total. The summed E-state index contributed by atoms with van der Waals surface area (Å²) in [6.45, 7) is 9.09. The second-order valence-corrected chi connectivity index (χ2v) is 5.22. The van der Waals surface area contributed by atoms with Crippen molar-refractivity contribution < 1.29 is 28.2 Å². The molecule has 0 unspecified atom stereocenters. The molecule has 2 aromatic rings. The molecule has 0 saturated heterocycles. The van der Waals surface area contributed by atoms with E-state index in [0.717, 1.165) is 12.2 Å². The maximum Gasteiger partial charge on any atom is 0.330 e. The molecule has 2 aromatic heterocycles. The van der Waals surface area contributed by atoms with E-state index >= 15 is 0 Å². The number of esters is 2. The number of hydrogen-bond acceptors (Lipinski definition) is 4. The molecule has 25 heavy (non-hydrogen) atoms. The predicted octanol–water partition coefficient (Wildman–Crippen LogP) is -0.171. The monoisotopic (exact) mass is 346 g/mol. The van der Waals surface area contributed by atoms with Crippen LogP contribution in [0.25, 0.3) is 0 Å². The van der Waals surface area contributed by atoms with E-state index in [-0.39, 0.29) is 0 Å². The highest BCUT2D eigenvalue weighted by Crippen LogP contribution is 1.89. The second kappa shape index (κ2) is 9.21. The van der Waals surface area contributed by atoms with Crippen LogP contribution in [-0.4, -0.2) is 34.3 Å². The van der Waals surface area contributed by atoms with E-state index in [2.05, 4.69) is 13.2 Å². The van der Waals surface area contributed by atoms with E-state index < -0.39 is 11.9 Å². The van der Waals surface area contributed by atoms with Crippen LogP contribution in [0.5, 0.6) is 0 Å². The van der Waals surface area contributed by atoms with Crippen molar-refractivity contribution in [2.75, 3.05) is 13.2 Å². The van der Waals surface area contributed by atoms with Crippen LogP contribution in [0.3, 0.4) is 0 Å². The molecule has 2 rings (SSSR count). The molecule has 132 valence electrons. The number of rotatable bonds is 10. The van der Waals surface area contributed by atoms with E-state index in [1.165, 1.54) is 0 Å². The highest BCUT2D eigenvalue weighted by atomic mass is 16.5. The van der Waals surface area contributed by atoms with Crippen LogP contribution in [0.2, 0.25) is 0 Å². The summed E-state index contributed by atoms with van der Waals surface area (Å²) in [4.78, 5) is 22.0. The van der Waals surface area contributed by atoms with Crippen LogP contribution < -0.4 is 9.13 Å². The van der Waals surface area contributed by atoms with Crippen LogP contribution in [-0.2, 0) is 38.8 Å². The SMILES string of the molecule is C=CC(=O)OCCn1cc[n+](C[n+]2ccn(CCOC(=O)C=C)c2)c1. The molecule has 0 saturated carbocycles.